The van der Waals surface area contributed by atoms with Gasteiger partial charge in [0.25, 0.3) is 5.91 Å². The average molecular weight is 372 g/mol. The van der Waals surface area contributed by atoms with E-state index in [1.165, 1.54) is 18.2 Å². The predicted molar refractivity (Wildman–Crippen MR) is 81.5 cm³/mol. The molecule has 0 aliphatic carbocycles. The number of halogens is 4. The number of amides is 1. The molecule has 1 N–H and O–H groups in total. The molecule has 0 unspecified atom stereocenters. The normalized spacial score (nSPS) is 12.8. The summed E-state index contributed by atoms with van der Waals surface area (Å²) in [6.45, 7) is 1.72. The number of benzene rings is 2. The molecule has 1 amide bonds. The fraction of sp³-hybridized carbons (Fsp3) is 0.188. The zero-order valence-electron chi connectivity index (χ0n) is 11.6. The molecule has 0 saturated heterocycles. The van der Waals surface area contributed by atoms with E-state index in [-0.39, 0.29) is 5.56 Å². The maximum absolute atomic E-state index is 12.9. The predicted octanol–water partition coefficient (Wildman–Crippen LogP) is 4.96. The molecule has 22 heavy (non-hydrogen) atoms. The van der Waals surface area contributed by atoms with E-state index in [2.05, 4.69) is 21.2 Å². The molecule has 6 heteroatoms. The first kappa shape index (κ1) is 16.5. The Balaban J connectivity index is 2.23. The van der Waals surface area contributed by atoms with Crippen molar-refractivity contribution < 1.29 is 18.0 Å². The third kappa shape index (κ3) is 3.88. The van der Waals surface area contributed by atoms with Crippen LogP contribution in [-0.4, -0.2) is 5.91 Å². The minimum absolute atomic E-state index is 0.378. The Morgan fingerprint density at radius 3 is 2.45 bits per heavy atom. The van der Waals surface area contributed by atoms with Crippen molar-refractivity contribution in [3.63, 3.8) is 0 Å². The van der Waals surface area contributed by atoms with E-state index in [9.17, 15) is 18.0 Å². The van der Waals surface area contributed by atoms with Crippen LogP contribution in [0.15, 0.2) is 53.0 Å². The highest BCUT2D eigenvalue weighted by Gasteiger charge is 2.35. The van der Waals surface area contributed by atoms with Crippen LogP contribution in [0.4, 0.5) is 13.2 Å². The zero-order valence-corrected chi connectivity index (χ0v) is 13.2. The topological polar surface area (TPSA) is 29.1 Å². The summed E-state index contributed by atoms with van der Waals surface area (Å²) in [5.41, 5.74) is -0.516. The summed E-state index contributed by atoms with van der Waals surface area (Å²) in [5, 5.41) is 2.59. The fourth-order valence-corrected chi connectivity index (χ4v) is 2.48. The largest absolute Gasteiger partial charge is 0.417 e. The van der Waals surface area contributed by atoms with Gasteiger partial charge in [0.15, 0.2) is 0 Å². The SMILES string of the molecule is C[C@@H](NC(=O)c1ccccc1C(F)(F)F)c1cccc(Br)c1. The van der Waals surface area contributed by atoms with Gasteiger partial charge in [0.2, 0.25) is 0 Å². The van der Waals surface area contributed by atoms with Gasteiger partial charge in [-0.2, -0.15) is 13.2 Å². The number of nitrogens with one attached hydrogen (secondary N) is 1. The Kier molecular flexibility index (Phi) is 4.90. The van der Waals surface area contributed by atoms with Crippen molar-refractivity contribution in [2.45, 2.75) is 19.1 Å². The molecule has 1 atom stereocenters. The second kappa shape index (κ2) is 6.52. The van der Waals surface area contributed by atoms with Crippen LogP contribution in [-0.2, 0) is 6.18 Å². The van der Waals surface area contributed by atoms with Crippen molar-refractivity contribution in [2.24, 2.45) is 0 Å². The van der Waals surface area contributed by atoms with Crippen molar-refractivity contribution in [1.82, 2.24) is 5.32 Å². The number of carbonyl (C=O) groups is 1. The summed E-state index contributed by atoms with van der Waals surface area (Å²) in [6.07, 6.45) is -4.56. The lowest BCUT2D eigenvalue weighted by molar-refractivity contribution is -0.137. The minimum Gasteiger partial charge on any atom is -0.346 e. The van der Waals surface area contributed by atoms with Gasteiger partial charge in [-0.15, -0.1) is 0 Å². The van der Waals surface area contributed by atoms with E-state index in [4.69, 9.17) is 0 Å². The number of alkyl halides is 3. The van der Waals surface area contributed by atoms with Gasteiger partial charge in [-0.1, -0.05) is 40.2 Å². The molecule has 0 aromatic heterocycles. The standard InChI is InChI=1S/C16H13BrF3NO/c1-10(11-5-4-6-12(17)9-11)21-15(22)13-7-2-3-8-14(13)16(18,19)20/h2-10H,1H3,(H,21,22)/t10-/m1/s1. The number of hydrogen-bond donors (Lipinski definition) is 1. The molecule has 2 rings (SSSR count). The summed E-state index contributed by atoms with van der Waals surface area (Å²) in [6, 6.07) is 11.6. The number of rotatable bonds is 3. The number of carbonyl (C=O) groups excluding carboxylic acids is 1. The van der Waals surface area contributed by atoms with E-state index in [1.807, 2.05) is 6.07 Å². The highest BCUT2D eigenvalue weighted by molar-refractivity contribution is 9.10. The number of hydrogen-bond acceptors (Lipinski definition) is 1. The molecule has 0 spiro atoms. The van der Waals surface area contributed by atoms with Gasteiger partial charge >= 0.3 is 6.18 Å². The summed E-state index contributed by atoms with van der Waals surface area (Å²) in [5.74, 6) is -0.750. The molecule has 0 radical (unpaired) electrons. The highest BCUT2D eigenvalue weighted by Crippen LogP contribution is 2.32. The third-order valence-corrected chi connectivity index (χ3v) is 3.67. The lowest BCUT2D eigenvalue weighted by Crippen LogP contribution is -2.28. The third-order valence-electron chi connectivity index (χ3n) is 3.17. The van der Waals surface area contributed by atoms with Crippen LogP contribution < -0.4 is 5.32 Å². The average Bonchev–Trinajstić information content (AvgIpc) is 2.46. The summed E-state index contributed by atoms with van der Waals surface area (Å²) in [4.78, 5) is 12.2. The molecule has 2 aromatic carbocycles. The maximum Gasteiger partial charge on any atom is 0.417 e. The van der Waals surface area contributed by atoms with E-state index in [0.29, 0.717) is 0 Å². The fourth-order valence-electron chi connectivity index (χ4n) is 2.06. The van der Waals surface area contributed by atoms with Crippen LogP contribution >= 0.6 is 15.9 Å². The van der Waals surface area contributed by atoms with Gasteiger partial charge in [0.1, 0.15) is 0 Å². The van der Waals surface area contributed by atoms with Crippen LogP contribution in [0.25, 0.3) is 0 Å². The Labute approximate surface area is 134 Å². The molecule has 0 aliphatic rings. The van der Waals surface area contributed by atoms with Crippen molar-refractivity contribution in [3.8, 4) is 0 Å². The van der Waals surface area contributed by atoms with Gasteiger partial charge in [0, 0.05) is 4.47 Å². The second-order valence-corrected chi connectivity index (χ2v) is 5.71. The Bertz CT molecular complexity index is 685. The van der Waals surface area contributed by atoms with Crippen molar-refractivity contribution in [1.29, 1.82) is 0 Å². The van der Waals surface area contributed by atoms with Gasteiger partial charge < -0.3 is 5.32 Å². The first-order valence-electron chi connectivity index (χ1n) is 6.51. The molecule has 0 fully saturated rings. The molecule has 0 aliphatic heterocycles. The van der Waals surface area contributed by atoms with Crippen molar-refractivity contribution in [2.75, 3.05) is 0 Å². The van der Waals surface area contributed by atoms with Gasteiger partial charge in [-0.3, -0.25) is 4.79 Å². The van der Waals surface area contributed by atoms with E-state index < -0.39 is 23.7 Å². The van der Waals surface area contributed by atoms with Gasteiger partial charge in [0.05, 0.1) is 17.2 Å². The summed E-state index contributed by atoms with van der Waals surface area (Å²) < 4.78 is 39.6. The van der Waals surface area contributed by atoms with E-state index in [0.717, 1.165) is 16.1 Å². The quantitative estimate of drug-likeness (QED) is 0.811. The zero-order chi connectivity index (χ0) is 16.3. The minimum atomic E-state index is -4.56. The molecular weight excluding hydrogens is 359 g/mol. The second-order valence-electron chi connectivity index (χ2n) is 4.79. The molecule has 2 nitrogen and oxygen atoms in total. The first-order valence-corrected chi connectivity index (χ1v) is 7.31. The van der Waals surface area contributed by atoms with Crippen molar-refractivity contribution >= 4 is 21.8 Å². The summed E-state index contributed by atoms with van der Waals surface area (Å²) >= 11 is 3.32. The molecule has 0 heterocycles. The van der Waals surface area contributed by atoms with Crippen LogP contribution in [0, 0.1) is 0 Å². The van der Waals surface area contributed by atoms with Crippen LogP contribution in [0.3, 0.4) is 0 Å². The lowest BCUT2D eigenvalue weighted by Gasteiger charge is -2.17. The molecule has 0 saturated carbocycles. The smallest absolute Gasteiger partial charge is 0.346 e. The van der Waals surface area contributed by atoms with Crippen LogP contribution in [0.5, 0.6) is 0 Å². The molecule has 2 aromatic rings. The molecule has 0 bridgehead atoms. The molecule has 116 valence electrons. The van der Waals surface area contributed by atoms with Crippen molar-refractivity contribution in [3.05, 3.63) is 69.7 Å². The summed E-state index contributed by atoms with van der Waals surface area (Å²) in [7, 11) is 0. The van der Waals surface area contributed by atoms with E-state index >= 15 is 0 Å². The van der Waals surface area contributed by atoms with Gasteiger partial charge in [-0.25, -0.2) is 0 Å². The van der Waals surface area contributed by atoms with Crippen LogP contribution in [0.1, 0.15) is 34.5 Å². The lowest BCUT2D eigenvalue weighted by atomic mass is 10.0. The maximum atomic E-state index is 12.9. The first-order chi connectivity index (χ1) is 10.3. The molecular formula is C16H13BrF3NO. The van der Waals surface area contributed by atoms with Gasteiger partial charge in [-0.05, 0) is 36.8 Å². The van der Waals surface area contributed by atoms with Crippen LogP contribution in [0.2, 0.25) is 0 Å². The van der Waals surface area contributed by atoms with E-state index in [1.54, 1.807) is 25.1 Å². The Morgan fingerprint density at radius 1 is 1.14 bits per heavy atom. The Hall–Kier alpha value is -1.82. The monoisotopic (exact) mass is 371 g/mol. The Morgan fingerprint density at radius 2 is 1.82 bits per heavy atom. The highest BCUT2D eigenvalue weighted by atomic mass is 79.9.